The lowest BCUT2D eigenvalue weighted by atomic mass is 10.00. The molecule has 1 fully saturated rings. The highest BCUT2D eigenvalue weighted by Gasteiger charge is 2.30. The van der Waals surface area contributed by atoms with Gasteiger partial charge in [-0.25, -0.2) is 15.9 Å². The number of aromatic nitrogens is 3. The molecule has 2 heterocycles. The first-order valence-corrected chi connectivity index (χ1v) is 10.6. The van der Waals surface area contributed by atoms with Gasteiger partial charge in [0, 0.05) is 13.0 Å². The Hall–Kier alpha value is -2.37. The quantitative estimate of drug-likeness (QED) is 0.110. The molecule has 2 amide bonds. The maximum absolute atomic E-state index is 13.0. The van der Waals surface area contributed by atoms with E-state index < -0.39 is 11.8 Å². The van der Waals surface area contributed by atoms with E-state index in [-0.39, 0.29) is 31.6 Å². The third kappa shape index (κ3) is 6.07. The fraction of sp³-hybridized carbons (Fsp3) is 0.737. The molecule has 1 aliphatic heterocycles. The van der Waals surface area contributed by atoms with Crippen molar-refractivity contribution < 1.29 is 19.9 Å². The Morgan fingerprint density at radius 2 is 2.10 bits per heavy atom. The molecule has 0 radical (unpaired) electrons. The van der Waals surface area contributed by atoms with Crippen LogP contribution in [0.4, 0.5) is 11.9 Å². The van der Waals surface area contributed by atoms with Gasteiger partial charge in [0.1, 0.15) is 5.82 Å². The second-order valence-corrected chi connectivity index (χ2v) is 7.51. The highest BCUT2D eigenvalue weighted by Crippen LogP contribution is 2.24. The minimum absolute atomic E-state index is 0.00865. The summed E-state index contributed by atoms with van der Waals surface area (Å²) in [6.07, 6.45) is 5.68. The van der Waals surface area contributed by atoms with Crippen LogP contribution in [-0.2, 0) is 16.0 Å². The van der Waals surface area contributed by atoms with E-state index in [4.69, 9.17) is 5.84 Å². The van der Waals surface area contributed by atoms with E-state index in [1.54, 1.807) is 0 Å². The molecule has 0 bridgehead atoms. The number of nitrogens with two attached hydrogens (primary N) is 1. The molecule has 1 aliphatic rings. The van der Waals surface area contributed by atoms with Gasteiger partial charge in [-0.2, -0.15) is 15.0 Å². The van der Waals surface area contributed by atoms with E-state index in [9.17, 15) is 19.9 Å². The summed E-state index contributed by atoms with van der Waals surface area (Å²) in [7, 11) is 0. The highest BCUT2D eigenvalue weighted by atomic mass is 16.5. The standard InChI is InChI=1S/C19H33N7O4/c1-3-5-6-8-14(11-24(30)13-28)17(29)26(20)19-22-16(4-2)21-18(23-19)25-10-7-9-15(25)12-27/h13-15,27,30H,3-12,20H2,1-2H3/t14-,15+/m1/s1. The zero-order chi connectivity index (χ0) is 22.1. The number of nitrogens with zero attached hydrogens (tertiary/aromatic N) is 6. The average Bonchev–Trinajstić information content (AvgIpc) is 3.26. The van der Waals surface area contributed by atoms with Crippen LogP contribution < -0.4 is 15.8 Å². The van der Waals surface area contributed by atoms with Gasteiger partial charge in [0.05, 0.1) is 25.1 Å². The van der Waals surface area contributed by atoms with E-state index in [0.29, 0.717) is 36.2 Å². The summed E-state index contributed by atoms with van der Waals surface area (Å²) in [4.78, 5) is 38.9. The topological polar surface area (TPSA) is 149 Å². The maximum Gasteiger partial charge on any atom is 0.252 e. The van der Waals surface area contributed by atoms with Gasteiger partial charge in [-0.15, -0.1) is 0 Å². The van der Waals surface area contributed by atoms with Crippen molar-refractivity contribution in [1.29, 1.82) is 0 Å². The van der Waals surface area contributed by atoms with Crippen LogP contribution >= 0.6 is 0 Å². The summed E-state index contributed by atoms with van der Waals surface area (Å²) in [5, 5.41) is 20.5. The van der Waals surface area contributed by atoms with Crippen LogP contribution in [0.15, 0.2) is 0 Å². The number of hydrogen-bond donors (Lipinski definition) is 3. The number of rotatable bonds is 12. The molecule has 2 rings (SSSR count). The molecule has 1 aromatic rings. The van der Waals surface area contributed by atoms with Gasteiger partial charge >= 0.3 is 0 Å². The van der Waals surface area contributed by atoms with Crippen LogP contribution in [-0.4, -0.2) is 68.4 Å². The summed E-state index contributed by atoms with van der Waals surface area (Å²) in [5.74, 6) is 5.82. The van der Waals surface area contributed by atoms with Crippen molar-refractivity contribution in [3.8, 4) is 0 Å². The Balaban J connectivity index is 2.27. The first kappa shape index (κ1) is 23.9. The minimum Gasteiger partial charge on any atom is -0.394 e. The number of hydrazine groups is 1. The predicted molar refractivity (Wildman–Crippen MR) is 111 cm³/mol. The van der Waals surface area contributed by atoms with Crippen LogP contribution in [0.1, 0.15) is 58.2 Å². The SMILES string of the molecule is CCCCC[C@H](CN(O)C=O)C(=O)N(N)c1nc(CC)nc(N2CCC[C@H]2CO)n1. The molecule has 2 atom stereocenters. The molecule has 168 valence electrons. The smallest absolute Gasteiger partial charge is 0.252 e. The molecule has 1 saturated heterocycles. The Morgan fingerprint density at radius 3 is 2.73 bits per heavy atom. The second-order valence-electron chi connectivity index (χ2n) is 7.51. The summed E-state index contributed by atoms with van der Waals surface area (Å²) >= 11 is 0. The predicted octanol–water partition coefficient (Wildman–Crippen LogP) is 0.646. The van der Waals surface area contributed by atoms with Crippen molar-refractivity contribution in [2.45, 2.75) is 64.8 Å². The molecule has 0 aliphatic carbocycles. The molecule has 0 unspecified atom stereocenters. The van der Waals surface area contributed by atoms with Crippen molar-refractivity contribution in [1.82, 2.24) is 20.0 Å². The number of hydroxylamine groups is 2. The maximum atomic E-state index is 13.0. The van der Waals surface area contributed by atoms with Gasteiger partial charge in [0.25, 0.3) is 5.95 Å². The largest absolute Gasteiger partial charge is 0.394 e. The molecular weight excluding hydrogens is 390 g/mol. The number of amides is 2. The van der Waals surface area contributed by atoms with E-state index in [0.717, 1.165) is 37.1 Å². The molecule has 0 spiro atoms. The number of unbranched alkanes of at least 4 members (excludes halogenated alkanes) is 2. The Morgan fingerprint density at radius 1 is 1.33 bits per heavy atom. The monoisotopic (exact) mass is 423 g/mol. The van der Waals surface area contributed by atoms with Crippen LogP contribution in [0.25, 0.3) is 0 Å². The fourth-order valence-electron chi connectivity index (χ4n) is 3.58. The van der Waals surface area contributed by atoms with Crippen molar-refractivity contribution in [3.63, 3.8) is 0 Å². The fourth-order valence-corrected chi connectivity index (χ4v) is 3.58. The number of aliphatic hydroxyl groups is 1. The number of anilines is 2. The van der Waals surface area contributed by atoms with Crippen molar-refractivity contribution >= 4 is 24.2 Å². The van der Waals surface area contributed by atoms with Gasteiger partial charge in [0.2, 0.25) is 18.3 Å². The van der Waals surface area contributed by atoms with Crippen LogP contribution in [0.2, 0.25) is 0 Å². The first-order chi connectivity index (χ1) is 14.4. The number of aliphatic hydroxyl groups excluding tert-OH is 1. The normalized spacial score (nSPS) is 17.1. The lowest BCUT2D eigenvalue weighted by Crippen LogP contribution is -2.46. The zero-order valence-electron chi connectivity index (χ0n) is 17.8. The van der Waals surface area contributed by atoms with Gasteiger partial charge < -0.3 is 10.0 Å². The van der Waals surface area contributed by atoms with Gasteiger partial charge in [-0.05, 0) is 19.3 Å². The Labute approximate surface area is 176 Å². The van der Waals surface area contributed by atoms with Crippen LogP contribution in [0, 0.1) is 5.92 Å². The number of hydrogen-bond acceptors (Lipinski definition) is 9. The number of carbonyl (C=O) groups is 2. The lowest BCUT2D eigenvalue weighted by molar-refractivity contribution is -0.154. The molecule has 0 saturated carbocycles. The molecule has 4 N–H and O–H groups in total. The van der Waals surface area contributed by atoms with Gasteiger partial charge in [0.15, 0.2) is 0 Å². The second kappa shape index (κ2) is 11.7. The molecule has 11 heteroatoms. The van der Waals surface area contributed by atoms with E-state index >= 15 is 0 Å². The summed E-state index contributed by atoms with van der Waals surface area (Å²) in [6, 6.07) is -0.0794. The lowest BCUT2D eigenvalue weighted by Gasteiger charge is -2.26. The molecular formula is C19H33N7O4. The van der Waals surface area contributed by atoms with Crippen LogP contribution in [0.5, 0.6) is 0 Å². The molecule has 30 heavy (non-hydrogen) atoms. The summed E-state index contributed by atoms with van der Waals surface area (Å²) < 4.78 is 0. The Bertz CT molecular complexity index is 705. The van der Waals surface area contributed by atoms with Crippen molar-refractivity contribution in [2.24, 2.45) is 11.8 Å². The van der Waals surface area contributed by atoms with Gasteiger partial charge in [-0.3, -0.25) is 14.8 Å². The third-order valence-corrected chi connectivity index (χ3v) is 5.31. The van der Waals surface area contributed by atoms with Crippen molar-refractivity contribution in [3.05, 3.63) is 5.82 Å². The molecule has 0 aromatic carbocycles. The van der Waals surface area contributed by atoms with Crippen LogP contribution in [0.3, 0.4) is 0 Å². The van der Waals surface area contributed by atoms with Gasteiger partial charge in [-0.1, -0.05) is 33.1 Å². The average molecular weight is 424 g/mol. The van der Waals surface area contributed by atoms with E-state index in [1.807, 2.05) is 18.7 Å². The summed E-state index contributed by atoms with van der Waals surface area (Å²) in [5.41, 5.74) is 0. The number of aryl methyl sites for hydroxylation is 1. The zero-order valence-corrected chi connectivity index (χ0v) is 17.8. The molecule has 11 nitrogen and oxygen atoms in total. The minimum atomic E-state index is -0.681. The Kier molecular flexibility index (Phi) is 9.34. The number of carbonyl (C=O) groups excluding carboxylic acids is 2. The molecule has 1 aromatic heterocycles. The van der Waals surface area contributed by atoms with Crippen molar-refractivity contribution in [2.75, 3.05) is 29.6 Å². The third-order valence-electron chi connectivity index (χ3n) is 5.31. The first-order valence-electron chi connectivity index (χ1n) is 10.6. The van der Waals surface area contributed by atoms with E-state index in [2.05, 4.69) is 15.0 Å². The summed E-state index contributed by atoms with van der Waals surface area (Å²) in [6.45, 7) is 4.48. The van der Waals surface area contributed by atoms with E-state index in [1.165, 1.54) is 0 Å². The highest BCUT2D eigenvalue weighted by molar-refractivity contribution is 5.92.